The van der Waals surface area contributed by atoms with Crippen LogP contribution in [0.25, 0.3) is 0 Å². The van der Waals surface area contributed by atoms with Crippen molar-refractivity contribution in [3.05, 3.63) is 29.8 Å². The smallest absolute Gasteiger partial charge is 0.533 e. The Morgan fingerprint density at radius 2 is 1.74 bits per heavy atom. The predicted octanol–water partition coefficient (Wildman–Crippen LogP) is 1.09. The minimum absolute atomic E-state index is 0.383. The van der Waals surface area contributed by atoms with E-state index in [2.05, 4.69) is 4.90 Å². The molecule has 0 saturated heterocycles. The van der Waals surface area contributed by atoms with Crippen LogP contribution in [-0.4, -0.2) is 42.0 Å². The van der Waals surface area contributed by atoms with Crippen molar-refractivity contribution in [3.63, 3.8) is 0 Å². The van der Waals surface area contributed by atoms with Crippen molar-refractivity contribution in [1.29, 1.82) is 0 Å². The van der Waals surface area contributed by atoms with Crippen LogP contribution in [0.4, 0.5) is 5.69 Å². The second kappa shape index (κ2) is 8.25. The first kappa shape index (κ1) is 16.1. The number of carbonyl (C=O) groups is 1. The fourth-order valence-electron chi connectivity index (χ4n) is 1.76. The van der Waals surface area contributed by atoms with Gasteiger partial charge in [-0.2, -0.15) is 0 Å². The summed E-state index contributed by atoms with van der Waals surface area (Å²) in [5.41, 5.74) is 7.54. The van der Waals surface area contributed by atoms with Crippen LogP contribution < -0.4 is 10.6 Å². The van der Waals surface area contributed by atoms with Gasteiger partial charge in [0.1, 0.15) is 0 Å². The molecule has 0 aliphatic carbocycles. The van der Waals surface area contributed by atoms with E-state index in [0.717, 1.165) is 24.3 Å². The Hall–Kier alpha value is -0.970. The molecule has 1 unspecified atom stereocenters. The molecular weight excluding hydrogens is 287 g/mol. The Labute approximate surface area is 123 Å². The number of rotatable bonds is 8. The van der Waals surface area contributed by atoms with Crippen LogP contribution in [-0.2, 0) is 11.2 Å². The second-order valence-electron chi connectivity index (χ2n) is 4.21. The number of alkyl halides is 2. The molecule has 0 aliphatic rings. The topological polar surface area (TPSA) is 69.2 Å². The summed E-state index contributed by atoms with van der Waals surface area (Å²) in [4.78, 5) is 12.9. The summed E-state index contributed by atoms with van der Waals surface area (Å²) in [6.07, 6.45) is 0.383. The molecule has 0 aromatic heterocycles. The number of anilines is 1. The van der Waals surface area contributed by atoms with Gasteiger partial charge in [-0.05, 0) is 17.7 Å². The minimum atomic E-state index is -0.757. The molecule has 4 N–H and O–H groups in total. The summed E-state index contributed by atoms with van der Waals surface area (Å²) in [6, 6.07) is 6.97. The van der Waals surface area contributed by atoms with Crippen molar-refractivity contribution in [1.82, 2.24) is 0 Å². The van der Waals surface area contributed by atoms with E-state index in [1.54, 1.807) is 0 Å². The van der Waals surface area contributed by atoms with Crippen LogP contribution >= 0.6 is 23.2 Å². The monoisotopic (exact) mass is 305 g/mol. The first-order chi connectivity index (χ1) is 9.08. The molecule has 0 saturated carbocycles. The summed E-state index contributed by atoms with van der Waals surface area (Å²) in [7, 11) is 0. The highest BCUT2D eigenvalue weighted by molar-refractivity contribution is 6.18. The van der Waals surface area contributed by atoms with Crippen molar-refractivity contribution in [3.8, 4) is 0 Å². The van der Waals surface area contributed by atoms with E-state index in [1.165, 1.54) is 0 Å². The molecule has 4 nitrogen and oxygen atoms in total. The third-order valence-corrected chi connectivity index (χ3v) is 3.14. The standard InChI is InChI=1S/C13H18Cl2N2O2/c14-5-7-17(8-6-15)11-3-1-10(2-4-11)9-12(16)13(18)19/h1-4,12H,5-9,16H2,(H,18,19)/p+1. The summed E-state index contributed by atoms with van der Waals surface area (Å²) < 4.78 is 0. The molecule has 0 radical (unpaired) electrons. The maximum atomic E-state index is 10.8. The van der Waals surface area contributed by atoms with Crippen molar-refractivity contribution < 1.29 is 9.90 Å². The van der Waals surface area contributed by atoms with Gasteiger partial charge in [0, 0.05) is 41.8 Å². The van der Waals surface area contributed by atoms with Gasteiger partial charge in [-0.1, -0.05) is 12.1 Å². The molecule has 106 valence electrons. The highest BCUT2D eigenvalue weighted by Crippen LogP contribution is 2.16. The largest absolute Gasteiger partial charge is 0.564 e. The van der Waals surface area contributed by atoms with Gasteiger partial charge < -0.3 is 15.7 Å². The Morgan fingerprint density at radius 3 is 2.16 bits per heavy atom. The van der Waals surface area contributed by atoms with Crippen LogP contribution in [0.1, 0.15) is 5.56 Å². The van der Waals surface area contributed by atoms with Crippen molar-refractivity contribution in [2.75, 3.05) is 29.7 Å². The molecule has 0 fully saturated rings. The lowest BCUT2D eigenvalue weighted by molar-refractivity contribution is -0.138. The van der Waals surface area contributed by atoms with Crippen LogP contribution in [0.2, 0.25) is 0 Å². The van der Waals surface area contributed by atoms with E-state index in [1.807, 2.05) is 24.3 Å². The Kier molecular flexibility index (Phi) is 6.99. The van der Waals surface area contributed by atoms with E-state index < -0.39 is 12.0 Å². The van der Waals surface area contributed by atoms with Crippen LogP contribution in [0, 0.1) is 0 Å². The molecule has 0 bridgehead atoms. The molecule has 0 amide bonds. The van der Waals surface area contributed by atoms with Crippen molar-refractivity contribution >= 4 is 34.9 Å². The zero-order valence-corrected chi connectivity index (χ0v) is 12.1. The van der Waals surface area contributed by atoms with Gasteiger partial charge in [0.05, 0.1) is 0 Å². The minimum Gasteiger partial charge on any atom is -0.564 e. The predicted molar refractivity (Wildman–Crippen MR) is 80.4 cm³/mol. The second-order valence-corrected chi connectivity index (χ2v) is 4.96. The molecule has 0 heterocycles. The number of nitrogens with two attached hydrogens (primary N) is 1. The van der Waals surface area contributed by atoms with Gasteiger partial charge >= 0.3 is 5.97 Å². The lowest BCUT2D eigenvalue weighted by Crippen LogP contribution is -2.32. The average molecular weight is 306 g/mol. The fourth-order valence-corrected chi connectivity index (χ4v) is 2.17. The molecule has 1 atom stereocenters. The fraction of sp³-hybridized carbons (Fsp3) is 0.462. The summed E-state index contributed by atoms with van der Waals surface area (Å²) in [5.74, 6) is 0.336. The molecule has 1 aromatic rings. The first-order valence-electron chi connectivity index (χ1n) is 6.05. The quantitative estimate of drug-likeness (QED) is 0.577. The molecule has 0 aliphatic heterocycles. The van der Waals surface area contributed by atoms with Crippen molar-refractivity contribution in [2.24, 2.45) is 5.73 Å². The van der Waals surface area contributed by atoms with Gasteiger partial charge in [0.2, 0.25) is 0 Å². The number of nitrogens with zero attached hydrogens (tertiary/aromatic N) is 1. The number of hydrogen-bond donors (Lipinski definition) is 1. The molecular formula is C13H19Cl2N2O2+. The van der Waals surface area contributed by atoms with Gasteiger partial charge in [0.25, 0.3) is 0 Å². The van der Waals surface area contributed by atoms with Gasteiger partial charge in [-0.3, -0.25) is 0 Å². The third kappa shape index (κ3) is 5.27. The SMILES string of the molecule is NC(Cc1ccc(N(CCCl)CCCl)cc1)C(=O)[OH2+]. The highest BCUT2D eigenvalue weighted by atomic mass is 35.5. The van der Waals surface area contributed by atoms with Gasteiger partial charge in [-0.15, -0.1) is 23.2 Å². The number of halogens is 2. The van der Waals surface area contributed by atoms with Crippen LogP contribution in [0.15, 0.2) is 24.3 Å². The molecule has 6 heteroatoms. The summed E-state index contributed by atoms with van der Waals surface area (Å²) in [5, 5.41) is 6.95. The van der Waals surface area contributed by atoms with E-state index in [-0.39, 0.29) is 0 Å². The first-order valence-corrected chi connectivity index (χ1v) is 7.12. The van der Waals surface area contributed by atoms with E-state index in [0.29, 0.717) is 18.2 Å². The Morgan fingerprint density at radius 1 is 1.21 bits per heavy atom. The average Bonchev–Trinajstić information content (AvgIpc) is 2.39. The third-order valence-electron chi connectivity index (χ3n) is 2.80. The summed E-state index contributed by atoms with van der Waals surface area (Å²) in [6.45, 7) is 1.47. The Bertz CT molecular complexity index is 392. The van der Waals surface area contributed by atoms with Crippen LogP contribution in [0.5, 0.6) is 0 Å². The lowest BCUT2D eigenvalue weighted by atomic mass is 10.1. The van der Waals surface area contributed by atoms with E-state index in [9.17, 15) is 4.79 Å². The molecule has 19 heavy (non-hydrogen) atoms. The molecule has 0 spiro atoms. The highest BCUT2D eigenvalue weighted by Gasteiger charge is 2.19. The van der Waals surface area contributed by atoms with Gasteiger partial charge in [-0.25, -0.2) is 0 Å². The van der Waals surface area contributed by atoms with E-state index >= 15 is 0 Å². The molecule has 1 aromatic carbocycles. The normalized spacial score (nSPS) is 12.2. The van der Waals surface area contributed by atoms with Crippen LogP contribution in [0.3, 0.4) is 0 Å². The van der Waals surface area contributed by atoms with E-state index in [4.69, 9.17) is 34.0 Å². The maximum absolute atomic E-state index is 10.8. The maximum Gasteiger partial charge on any atom is 0.533 e. The van der Waals surface area contributed by atoms with Gasteiger partial charge in [0.15, 0.2) is 6.04 Å². The number of hydrogen-bond acceptors (Lipinski definition) is 3. The molecule has 1 rings (SSSR count). The zero-order chi connectivity index (χ0) is 14.3. The number of benzene rings is 1. The van der Waals surface area contributed by atoms with Crippen molar-refractivity contribution in [2.45, 2.75) is 12.5 Å². The Balaban J connectivity index is 2.71. The number of carbonyl (C=O) groups excluding carboxylic acids is 1. The zero-order valence-electron chi connectivity index (χ0n) is 10.6. The lowest BCUT2D eigenvalue weighted by Gasteiger charge is -2.23. The summed E-state index contributed by atoms with van der Waals surface area (Å²) >= 11 is 11.5.